The van der Waals surface area contributed by atoms with Gasteiger partial charge in [-0.05, 0) is 54.1 Å². The second-order valence-electron chi connectivity index (χ2n) is 8.52. The fraction of sp³-hybridized carbons (Fsp3) is 0.222. The molecule has 2 heterocycles. The Kier molecular flexibility index (Phi) is 7.46. The van der Waals surface area contributed by atoms with Crippen LogP contribution >= 0.6 is 11.6 Å². The topological polar surface area (TPSA) is 124 Å². The Morgan fingerprint density at radius 1 is 0.795 bits per heavy atom. The summed E-state index contributed by atoms with van der Waals surface area (Å²) < 4.78 is 16.7. The molecule has 202 valence electrons. The highest BCUT2D eigenvalue weighted by Crippen LogP contribution is 2.42. The van der Waals surface area contributed by atoms with Crippen molar-refractivity contribution in [1.82, 2.24) is 14.4 Å². The van der Waals surface area contributed by atoms with E-state index < -0.39 is 35.7 Å². The van der Waals surface area contributed by atoms with Crippen molar-refractivity contribution in [1.29, 1.82) is 0 Å². The Labute approximate surface area is 228 Å². The Morgan fingerprint density at radius 2 is 1.33 bits per heavy atom. The van der Waals surface area contributed by atoms with E-state index in [0.717, 1.165) is 24.0 Å². The summed E-state index contributed by atoms with van der Waals surface area (Å²) >= 11 is 6.11. The third kappa shape index (κ3) is 4.50. The lowest BCUT2D eigenvalue weighted by Gasteiger charge is -2.33. The molecule has 1 fully saturated rings. The highest BCUT2D eigenvalue weighted by Gasteiger charge is 2.49. The molecule has 0 atom stereocenters. The summed E-state index contributed by atoms with van der Waals surface area (Å²) in [7, 11) is 6.17. The molecule has 3 aromatic rings. The average Bonchev–Trinajstić information content (AvgIpc) is 3.30. The van der Waals surface area contributed by atoms with E-state index >= 15 is 0 Å². The van der Waals surface area contributed by atoms with Crippen LogP contribution in [0.15, 0.2) is 48.5 Å². The molecular formula is C27H24ClN3O8. The molecule has 4 amide bonds. The largest absolute Gasteiger partial charge is 0.497 e. The zero-order valence-corrected chi connectivity index (χ0v) is 22.4. The van der Waals surface area contributed by atoms with Gasteiger partial charge >= 0.3 is 18.0 Å². The van der Waals surface area contributed by atoms with Gasteiger partial charge in [0.2, 0.25) is 11.8 Å². The number of methoxy groups -OCH3 is 3. The Hall–Kier alpha value is -4.64. The molecule has 4 rings (SSSR count). The van der Waals surface area contributed by atoms with Gasteiger partial charge in [-0.3, -0.25) is 19.4 Å². The minimum atomic E-state index is -1.67. The number of amides is 4. The van der Waals surface area contributed by atoms with Crippen molar-refractivity contribution >= 4 is 41.4 Å². The van der Waals surface area contributed by atoms with Crippen molar-refractivity contribution in [2.45, 2.75) is 5.92 Å². The molecule has 1 aliphatic rings. The quantitative estimate of drug-likeness (QED) is 0.335. The van der Waals surface area contributed by atoms with Gasteiger partial charge in [0.15, 0.2) is 0 Å². The first kappa shape index (κ1) is 27.4. The van der Waals surface area contributed by atoms with Crippen LogP contribution in [0.25, 0.3) is 16.9 Å². The lowest BCUT2D eigenvalue weighted by Crippen LogP contribution is -2.56. The monoisotopic (exact) mass is 553 g/mol. The highest BCUT2D eigenvalue weighted by atomic mass is 35.5. The van der Waals surface area contributed by atoms with Crippen LogP contribution in [0.5, 0.6) is 5.75 Å². The fourth-order valence-corrected chi connectivity index (χ4v) is 4.63. The predicted octanol–water partition coefficient (Wildman–Crippen LogP) is 3.51. The van der Waals surface area contributed by atoms with Crippen LogP contribution in [0.1, 0.15) is 32.3 Å². The summed E-state index contributed by atoms with van der Waals surface area (Å²) in [5.41, 5.74) is 0.190. The van der Waals surface area contributed by atoms with Crippen molar-refractivity contribution in [2.75, 3.05) is 35.4 Å². The SMILES string of the molecule is COC(=O)c1c(C2C(=O)N(C)C(=O)N(C)C2=O)c(-c2ccc(OC)cc2)n(-c2ccc(Cl)cc2)c1C(=O)OC. The van der Waals surface area contributed by atoms with Gasteiger partial charge in [0, 0.05) is 30.4 Å². The number of ether oxygens (including phenoxy) is 3. The van der Waals surface area contributed by atoms with Gasteiger partial charge in [0.25, 0.3) is 0 Å². The average molecular weight is 554 g/mol. The second-order valence-corrected chi connectivity index (χ2v) is 8.96. The van der Waals surface area contributed by atoms with Gasteiger partial charge in [-0.25, -0.2) is 14.4 Å². The van der Waals surface area contributed by atoms with Crippen LogP contribution in [-0.4, -0.2) is 79.6 Å². The lowest BCUT2D eigenvalue weighted by molar-refractivity contribution is -0.143. The number of hydrogen-bond acceptors (Lipinski definition) is 8. The molecule has 1 saturated heterocycles. The van der Waals surface area contributed by atoms with Gasteiger partial charge in [0.05, 0.1) is 32.6 Å². The summed E-state index contributed by atoms with van der Waals surface area (Å²) in [6.07, 6.45) is 0. The first-order chi connectivity index (χ1) is 18.6. The smallest absolute Gasteiger partial charge is 0.355 e. The van der Waals surface area contributed by atoms with Gasteiger partial charge < -0.3 is 18.8 Å². The molecular weight excluding hydrogens is 530 g/mol. The number of nitrogens with zero attached hydrogens (tertiary/aromatic N) is 3. The van der Waals surface area contributed by atoms with E-state index in [2.05, 4.69) is 0 Å². The first-order valence-corrected chi connectivity index (χ1v) is 11.9. The standard InChI is InChI=1S/C27H24ClN3O8/c1-29-23(32)20(24(33)30(2)27(29)36)18-19(25(34)38-4)22(26(35)39-5)31(16-10-8-15(28)9-11-16)21(18)14-6-12-17(37-3)13-7-14/h6-13,20H,1-5H3. The van der Waals surface area contributed by atoms with E-state index in [1.165, 1.54) is 25.8 Å². The molecule has 1 aliphatic heterocycles. The van der Waals surface area contributed by atoms with E-state index in [0.29, 0.717) is 22.0 Å². The maximum Gasteiger partial charge on any atom is 0.355 e. The lowest BCUT2D eigenvalue weighted by atomic mass is 9.88. The number of rotatable bonds is 6. The Morgan fingerprint density at radius 3 is 1.82 bits per heavy atom. The van der Waals surface area contributed by atoms with Gasteiger partial charge in [0.1, 0.15) is 17.4 Å². The maximum absolute atomic E-state index is 13.5. The van der Waals surface area contributed by atoms with Gasteiger partial charge in [-0.1, -0.05) is 11.6 Å². The van der Waals surface area contributed by atoms with Crippen molar-refractivity contribution < 1.29 is 38.2 Å². The minimum absolute atomic E-state index is 0.122. The number of aromatic nitrogens is 1. The van der Waals surface area contributed by atoms with E-state index in [9.17, 15) is 24.0 Å². The number of hydrogen-bond donors (Lipinski definition) is 0. The number of benzene rings is 2. The number of imide groups is 2. The molecule has 0 bridgehead atoms. The number of esters is 2. The third-order valence-corrected chi connectivity index (χ3v) is 6.69. The van der Waals surface area contributed by atoms with Crippen LogP contribution in [0.4, 0.5) is 4.79 Å². The number of halogens is 1. The predicted molar refractivity (Wildman–Crippen MR) is 139 cm³/mol. The number of carbonyl (C=O) groups is 5. The van der Waals surface area contributed by atoms with E-state index in [-0.39, 0.29) is 22.5 Å². The first-order valence-electron chi connectivity index (χ1n) is 11.5. The van der Waals surface area contributed by atoms with Crippen LogP contribution in [0, 0.1) is 0 Å². The molecule has 2 aromatic carbocycles. The van der Waals surface area contributed by atoms with Crippen molar-refractivity contribution in [3.63, 3.8) is 0 Å². The second kappa shape index (κ2) is 10.6. The Bertz CT molecular complexity index is 1470. The number of urea groups is 1. The zero-order valence-electron chi connectivity index (χ0n) is 21.7. The molecule has 39 heavy (non-hydrogen) atoms. The minimum Gasteiger partial charge on any atom is -0.497 e. The molecule has 11 nitrogen and oxygen atoms in total. The van der Waals surface area contributed by atoms with Crippen LogP contribution in [-0.2, 0) is 19.1 Å². The molecule has 0 spiro atoms. The maximum atomic E-state index is 13.5. The molecule has 0 radical (unpaired) electrons. The van der Waals surface area contributed by atoms with E-state index in [1.54, 1.807) is 48.5 Å². The van der Waals surface area contributed by atoms with E-state index in [1.807, 2.05) is 0 Å². The molecule has 12 heteroatoms. The zero-order chi connectivity index (χ0) is 28.6. The normalized spacial score (nSPS) is 14.1. The van der Waals surface area contributed by atoms with Crippen LogP contribution in [0.3, 0.4) is 0 Å². The fourth-order valence-electron chi connectivity index (χ4n) is 4.51. The number of likely N-dealkylation sites (N-methyl/N-ethyl adjacent to an activating group) is 2. The van der Waals surface area contributed by atoms with Crippen molar-refractivity contribution in [3.05, 3.63) is 70.4 Å². The molecule has 1 aromatic heterocycles. The molecule has 0 aliphatic carbocycles. The van der Waals surface area contributed by atoms with E-state index in [4.69, 9.17) is 25.8 Å². The molecule has 0 N–H and O–H groups in total. The number of barbiturate groups is 1. The highest BCUT2D eigenvalue weighted by molar-refractivity contribution is 6.30. The summed E-state index contributed by atoms with van der Waals surface area (Å²) in [5, 5.41) is 0.407. The van der Waals surface area contributed by atoms with Crippen LogP contribution in [0.2, 0.25) is 5.02 Å². The molecule has 0 saturated carbocycles. The summed E-state index contributed by atoms with van der Waals surface area (Å²) in [6, 6.07) is 12.1. The summed E-state index contributed by atoms with van der Waals surface area (Å²) in [5.74, 6) is -4.84. The van der Waals surface area contributed by atoms with Crippen molar-refractivity contribution in [3.8, 4) is 22.7 Å². The molecule has 0 unspecified atom stereocenters. The van der Waals surface area contributed by atoms with Crippen molar-refractivity contribution in [2.24, 2.45) is 0 Å². The van der Waals surface area contributed by atoms with Gasteiger partial charge in [-0.2, -0.15) is 0 Å². The third-order valence-electron chi connectivity index (χ3n) is 6.44. The summed E-state index contributed by atoms with van der Waals surface area (Å²) in [6.45, 7) is 0. The number of carbonyl (C=O) groups excluding carboxylic acids is 5. The summed E-state index contributed by atoms with van der Waals surface area (Å²) in [4.78, 5) is 67.8. The van der Waals surface area contributed by atoms with Crippen LogP contribution < -0.4 is 4.74 Å². The Balaban J connectivity index is 2.23. The van der Waals surface area contributed by atoms with Gasteiger partial charge in [-0.15, -0.1) is 0 Å².